The van der Waals surface area contributed by atoms with Crippen molar-refractivity contribution in [2.45, 2.75) is 52.4 Å². The highest BCUT2D eigenvalue weighted by atomic mass is 28.4. The third-order valence-electron chi connectivity index (χ3n) is 3.90. The zero-order chi connectivity index (χ0) is 14.8. The Balaban J connectivity index is 2.97. The number of nitro benzene ring substituents is 1. The van der Waals surface area contributed by atoms with Gasteiger partial charge in [0.25, 0.3) is 5.69 Å². The van der Waals surface area contributed by atoms with Crippen molar-refractivity contribution in [3.63, 3.8) is 0 Å². The van der Waals surface area contributed by atoms with E-state index < -0.39 is 8.32 Å². The molecular formula is C14H23NO3Si. The molecule has 0 saturated carbocycles. The number of benzene rings is 1. The van der Waals surface area contributed by atoms with Gasteiger partial charge in [0.2, 0.25) is 0 Å². The van der Waals surface area contributed by atoms with Crippen molar-refractivity contribution in [1.82, 2.24) is 0 Å². The monoisotopic (exact) mass is 281 g/mol. The van der Waals surface area contributed by atoms with Crippen LogP contribution < -0.4 is 0 Å². The molecule has 106 valence electrons. The smallest absolute Gasteiger partial charge is 0.277 e. The van der Waals surface area contributed by atoms with Gasteiger partial charge < -0.3 is 4.43 Å². The summed E-state index contributed by atoms with van der Waals surface area (Å²) < 4.78 is 6.06. The highest BCUT2D eigenvalue weighted by Gasteiger charge is 2.37. The first kappa shape index (κ1) is 15.9. The molecule has 0 aliphatic carbocycles. The van der Waals surface area contributed by atoms with Gasteiger partial charge in [0.05, 0.1) is 17.1 Å². The van der Waals surface area contributed by atoms with E-state index in [4.69, 9.17) is 4.43 Å². The second kappa shape index (κ2) is 5.42. The summed E-state index contributed by atoms with van der Waals surface area (Å²) in [6, 6.07) is 5.37. The van der Waals surface area contributed by atoms with Gasteiger partial charge in [-0.3, -0.25) is 10.1 Å². The summed E-state index contributed by atoms with van der Waals surface area (Å²) in [5, 5.41) is 11.2. The maximum Gasteiger partial charge on any atom is 0.277 e. The minimum atomic E-state index is -1.89. The van der Waals surface area contributed by atoms with Gasteiger partial charge in [-0.1, -0.05) is 32.9 Å². The zero-order valence-electron chi connectivity index (χ0n) is 12.6. The lowest BCUT2D eigenvalue weighted by Crippen LogP contribution is -2.40. The molecule has 0 N–H and O–H groups in total. The lowest BCUT2D eigenvalue weighted by Gasteiger charge is -2.36. The van der Waals surface area contributed by atoms with Crippen molar-refractivity contribution in [3.05, 3.63) is 39.4 Å². The Morgan fingerprint density at radius 1 is 1.32 bits per heavy atom. The first-order valence-electron chi connectivity index (χ1n) is 6.43. The Morgan fingerprint density at radius 2 is 1.89 bits per heavy atom. The topological polar surface area (TPSA) is 52.4 Å². The van der Waals surface area contributed by atoms with Crippen LogP contribution in [0.15, 0.2) is 18.2 Å². The van der Waals surface area contributed by atoms with Gasteiger partial charge in [-0.25, -0.2) is 0 Å². The standard InChI is InChI=1S/C14H23NO3Si/c1-11-8-7-9-12(13(11)15(16)17)10-18-19(5,6)14(2,3)4/h7-9H,10H2,1-6H3. The van der Waals surface area contributed by atoms with E-state index in [1.165, 1.54) is 0 Å². The molecule has 19 heavy (non-hydrogen) atoms. The lowest BCUT2D eigenvalue weighted by molar-refractivity contribution is -0.386. The molecule has 0 aliphatic heterocycles. The SMILES string of the molecule is Cc1cccc(CO[Si](C)(C)C(C)(C)C)c1[N+](=O)[O-]. The van der Waals surface area contributed by atoms with Crippen molar-refractivity contribution in [2.75, 3.05) is 0 Å². The van der Waals surface area contributed by atoms with Crippen molar-refractivity contribution < 1.29 is 9.35 Å². The van der Waals surface area contributed by atoms with Crippen LogP contribution in [-0.2, 0) is 11.0 Å². The summed E-state index contributed by atoms with van der Waals surface area (Å²) in [5.41, 5.74) is 1.53. The van der Waals surface area contributed by atoms with Crippen molar-refractivity contribution in [1.29, 1.82) is 0 Å². The Kier molecular flexibility index (Phi) is 4.53. The number of hydrogen-bond donors (Lipinski definition) is 0. The van der Waals surface area contributed by atoms with E-state index in [0.29, 0.717) is 17.7 Å². The van der Waals surface area contributed by atoms with E-state index in [2.05, 4.69) is 33.9 Å². The molecule has 5 heteroatoms. The summed E-state index contributed by atoms with van der Waals surface area (Å²) in [7, 11) is -1.89. The van der Waals surface area contributed by atoms with Gasteiger partial charge in [-0.05, 0) is 31.1 Å². The summed E-state index contributed by atoms with van der Waals surface area (Å²) in [6.07, 6.45) is 0. The third-order valence-corrected chi connectivity index (χ3v) is 8.38. The molecule has 1 rings (SSSR count). The van der Waals surface area contributed by atoms with Crippen LogP contribution in [0.5, 0.6) is 0 Å². The van der Waals surface area contributed by atoms with E-state index >= 15 is 0 Å². The molecule has 0 aliphatic rings. The molecule has 0 unspecified atom stereocenters. The van der Waals surface area contributed by atoms with Gasteiger partial charge in [0, 0.05) is 5.56 Å². The number of para-hydroxylation sites is 1. The molecule has 0 radical (unpaired) electrons. The first-order chi connectivity index (χ1) is 8.56. The van der Waals surface area contributed by atoms with Crippen molar-refractivity contribution >= 4 is 14.0 Å². The Hall–Kier alpha value is -1.20. The molecule has 0 fully saturated rings. The number of rotatable bonds is 4. The van der Waals surface area contributed by atoms with Crippen LogP contribution in [0.1, 0.15) is 31.9 Å². The second-order valence-electron chi connectivity index (χ2n) is 6.39. The van der Waals surface area contributed by atoms with Crippen LogP contribution in [0, 0.1) is 17.0 Å². The Labute approximate surface area is 116 Å². The molecule has 4 nitrogen and oxygen atoms in total. The zero-order valence-corrected chi connectivity index (χ0v) is 13.6. The normalized spacial score (nSPS) is 12.5. The lowest BCUT2D eigenvalue weighted by atomic mass is 10.1. The van der Waals surface area contributed by atoms with Crippen LogP contribution in [-0.4, -0.2) is 13.2 Å². The van der Waals surface area contributed by atoms with E-state index in [-0.39, 0.29) is 15.6 Å². The predicted molar refractivity (Wildman–Crippen MR) is 79.8 cm³/mol. The van der Waals surface area contributed by atoms with Crippen LogP contribution in [0.3, 0.4) is 0 Å². The predicted octanol–water partition coefficient (Wildman–Crippen LogP) is 4.43. The van der Waals surface area contributed by atoms with Crippen LogP contribution in [0.2, 0.25) is 18.1 Å². The maximum absolute atomic E-state index is 11.1. The van der Waals surface area contributed by atoms with Gasteiger partial charge in [-0.2, -0.15) is 0 Å². The number of nitro groups is 1. The fourth-order valence-corrected chi connectivity index (χ4v) is 2.52. The van der Waals surface area contributed by atoms with Crippen LogP contribution >= 0.6 is 0 Å². The molecule has 0 bridgehead atoms. The molecular weight excluding hydrogens is 258 g/mol. The van der Waals surface area contributed by atoms with Gasteiger partial charge in [0.1, 0.15) is 0 Å². The fraction of sp³-hybridized carbons (Fsp3) is 0.571. The molecule has 0 spiro atoms. The average Bonchev–Trinajstić information content (AvgIpc) is 2.24. The highest BCUT2D eigenvalue weighted by Crippen LogP contribution is 2.37. The molecule has 1 aromatic carbocycles. The Morgan fingerprint density at radius 3 is 2.37 bits per heavy atom. The fourth-order valence-electron chi connectivity index (χ4n) is 1.57. The van der Waals surface area contributed by atoms with Gasteiger partial charge >= 0.3 is 0 Å². The quantitative estimate of drug-likeness (QED) is 0.466. The number of aryl methyl sites for hydroxylation is 1. The minimum Gasteiger partial charge on any atom is -0.412 e. The van der Waals surface area contributed by atoms with E-state index in [1.54, 1.807) is 19.1 Å². The summed E-state index contributed by atoms with van der Waals surface area (Å²) in [4.78, 5) is 10.8. The van der Waals surface area contributed by atoms with Crippen LogP contribution in [0.25, 0.3) is 0 Å². The number of nitrogens with zero attached hydrogens (tertiary/aromatic N) is 1. The second-order valence-corrected chi connectivity index (χ2v) is 11.2. The Bertz CT molecular complexity index is 478. The van der Waals surface area contributed by atoms with E-state index in [9.17, 15) is 10.1 Å². The summed E-state index contributed by atoms with van der Waals surface area (Å²) in [6.45, 7) is 12.8. The maximum atomic E-state index is 11.1. The average molecular weight is 281 g/mol. The molecule has 1 aromatic rings. The minimum absolute atomic E-state index is 0.103. The van der Waals surface area contributed by atoms with Gasteiger partial charge in [0.15, 0.2) is 8.32 Å². The van der Waals surface area contributed by atoms with E-state index in [0.717, 1.165) is 0 Å². The first-order valence-corrected chi connectivity index (χ1v) is 9.34. The summed E-state index contributed by atoms with van der Waals surface area (Å²) >= 11 is 0. The molecule has 0 atom stereocenters. The molecule has 0 amide bonds. The van der Waals surface area contributed by atoms with E-state index in [1.807, 2.05) is 6.07 Å². The summed E-state index contributed by atoms with van der Waals surface area (Å²) in [5.74, 6) is 0. The largest absolute Gasteiger partial charge is 0.412 e. The van der Waals surface area contributed by atoms with Gasteiger partial charge in [-0.15, -0.1) is 0 Å². The molecule has 0 aromatic heterocycles. The highest BCUT2D eigenvalue weighted by molar-refractivity contribution is 6.74. The van der Waals surface area contributed by atoms with Crippen molar-refractivity contribution in [3.8, 4) is 0 Å². The number of hydrogen-bond acceptors (Lipinski definition) is 3. The van der Waals surface area contributed by atoms with Crippen LogP contribution in [0.4, 0.5) is 5.69 Å². The third kappa shape index (κ3) is 3.64. The molecule has 0 saturated heterocycles. The van der Waals surface area contributed by atoms with Crippen molar-refractivity contribution in [2.24, 2.45) is 0 Å². The molecule has 0 heterocycles.